The van der Waals surface area contributed by atoms with E-state index in [0.717, 1.165) is 17.9 Å². The fourth-order valence-electron chi connectivity index (χ4n) is 4.67. The number of nitrogens with one attached hydrogen (secondary N) is 1. The molecule has 1 N–H and O–H groups in total. The molecule has 0 spiro atoms. The van der Waals surface area contributed by atoms with E-state index in [1.54, 1.807) is 0 Å². The first-order chi connectivity index (χ1) is 14.8. The molecule has 3 unspecified atom stereocenters. The van der Waals surface area contributed by atoms with Gasteiger partial charge in [0.15, 0.2) is 0 Å². The van der Waals surface area contributed by atoms with Gasteiger partial charge in [-0.05, 0) is 66.3 Å². The zero-order valence-corrected chi connectivity index (χ0v) is 17.3. The number of benzene rings is 3. The first-order valence-electron chi connectivity index (χ1n) is 10.8. The molecule has 1 aliphatic heterocycles. The van der Waals surface area contributed by atoms with E-state index in [2.05, 4.69) is 72.1 Å². The van der Waals surface area contributed by atoms with Crippen molar-refractivity contribution in [3.8, 4) is 11.5 Å². The second-order valence-corrected chi connectivity index (χ2v) is 8.00. The molecule has 2 aliphatic rings. The van der Waals surface area contributed by atoms with Gasteiger partial charge in [-0.3, -0.25) is 0 Å². The summed E-state index contributed by atoms with van der Waals surface area (Å²) in [4.78, 5) is 0. The maximum absolute atomic E-state index is 6.09. The van der Waals surface area contributed by atoms with Crippen LogP contribution in [0, 0.1) is 5.92 Å². The summed E-state index contributed by atoms with van der Waals surface area (Å²) in [6, 6.07) is 25.6. The predicted molar refractivity (Wildman–Crippen MR) is 121 cm³/mol. The average Bonchev–Trinajstić information content (AvgIpc) is 3.29. The molecule has 3 heteroatoms. The molecule has 5 rings (SSSR count). The monoisotopic (exact) mass is 397 g/mol. The van der Waals surface area contributed by atoms with Crippen LogP contribution < -0.4 is 14.8 Å². The van der Waals surface area contributed by atoms with Crippen molar-refractivity contribution in [1.29, 1.82) is 0 Å². The van der Waals surface area contributed by atoms with Crippen LogP contribution in [-0.4, -0.2) is 6.61 Å². The van der Waals surface area contributed by atoms with Crippen molar-refractivity contribution in [2.45, 2.75) is 31.9 Å². The maximum atomic E-state index is 6.09. The summed E-state index contributed by atoms with van der Waals surface area (Å²) in [7, 11) is 0. The highest BCUT2D eigenvalue weighted by molar-refractivity contribution is 5.61. The van der Waals surface area contributed by atoms with Crippen LogP contribution in [-0.2, 0) is 6.61 Å². The number of rotatable bonds is 6. The summed E-state index contributed by atoms with van der Waals surface area (Å²) in [5.41, 5.74) is 5.03. The lowest BCUT2D eigenvalue weighted by Crippen LogP contribution is -2.29. The Morgan fingerprint density at radius 2 is 1.70 bits per heavy atom. The van der Waals surface area contributed by atoms with Gasteiger partial charge in [-0.25, -0.2) is 0 Å². The van der Waals surface area contributed by atoms with Crippen LogP contribution >= 0.6 is 0 Å². The second-order valence-electron chi connectivity index (χ2n) is 8.00. The SMILES string of the molecule is CCOc1ccc(C2Nc3ccc(OCc4ccccc4)cc3C3C=CCC32)cc1. The van der Waals surface area contributed by atoms with Crippen molar-refractivity contribution < 1.29 is 9.47 Å². The van der Waals surface area contributed by atoms with E-state index in [9.17, 15) is 0 Å². The fraction of sp³-hybridized carbons (Fsp3) is 0.259. The minimum atomic E-state index is 0.296. The van der Waals surface area contributed by atoms with Crippen LogP contribution in [0.25, 0.3) is 0 Å². The van der Waals surface area contributed by atoms with Gasteiger partial charge in [0, 0.05) is 11.6 Å². The number of allylic oxidation sites excluding steroid dienone is 2. The van der Waals surface area contributed by atoms with Gasteiger partial charge in [-0.15, -0.1) is 0 Å². The van der Waals surface area contributed by atoms with Gasteiger partial charge in [0.05, 0.1) is 12.6 Å². The summed E-state index contributed by atoms with van der Waals surface area (Å²) < 4.78 is 11.7. The van der Waals surface area contributed by atoms with E-state index in [1.165, 1.54) is 22.4 Å². The zero-order chi connectivity index (χ0) is 20.3. The summed E-state index contributed by atoms with van der Waals surface area (Å²) in [5.74, 6) is 2.79. The van der Waals surface area contributed by atoms with Crippen LogP contribution in [0.1, 0.15) is 42.0 Å². The van der Waals surface area contributed by atoms with Gasteiger partial charge < -0.3 is 14.8 Å². The Bertz CT molecular complexity index is 1030. The van der Waals surface area contributed by atoms with Crippen LogP contribution in [0.15, 0.2) is 84.9 Å². The summed E-state index contributed by atoms with van der Waals surface area (Å²) in [6.07, 6.45) is 5.78. The van der Waals surface area contributed by atoms with E-state index in [4.69, 9.17) is 9.47 Å². The Labute approximate surface area is 178 Å². The van der Waals surface area contributed by atoms with E-state index >= 15 is 0 Å². The number of fused-ring (bicyclic) bond motifs is 3. The topological polar surface area (TPSA) is 30.5 Å². The third kappa shape index (κ3) is 3.68. The average molecular weight is 398 g/mol. The highest BCUT2D eigenvalue weighted by atomic mass is 16.5. The Balaban J connectivity index is 1.38. The summed E-state index contributed by atoms with van der Waals surface area (Å²) in [5, 5.41) is 3.80. The van der Waals surface area contributed by atoms with Crippen molar-refractivity contribution in [3.05, 3.63) is 102 Å². The summed E-state index contributed by atoms with van der Waals surface area (Å²) in [6.45, 7) is 3.30. The molecule has 30 heavy (non-hydrogen) atoms. The number of ether oxygens (including phenoxy) is 2. The maximum Gasteiger partial charge on any atom is 0.120 e. The highest BCUT2D eigenvalue weighted by Crippen LogP contribution is 2.50. The van der Waals surface area contributed by atoms with Crippen molar-refractivity contribution in [2.24, 2.45) is 5.92 Å². The van der Waals surface area contributed by atoms with Gasteiger partial charge >= 0.3 is 0 Å². The summed E-state index contributed by atoms with van der Waals surface area (Å²) >= 11 is 0. The smallest absolute Gasteiger partial charge is 0.120 e. The van der Waals surface area contributed by atoms with Gasteiger partial charge in [-0.2, -0.15) is 0 Å². The molecule has 1 aliphatic carbocycles. The Hall–Kier alpha value is -3.20. The van der Waals surface area contributed by atoms with Crippen LogP contribution in [0.4, 0.5) is 5.69 Å². The Morgan fingerprint density at radius 3 is 2.50 bits per heavy atom. The van der Waals surface area contributed by atoms with E-state index in [1.807, 2.05) is 25.1 Å². The molecule has 0 amide bonds. The molecule has 0 bridgehead atoms. The Kier molecular flexibility index (Phi) is 5.18. The van der Waals surface area contributed by atoms with E-state index in [0.29, 0.717) is 31.1 Å². The number of anilines is 1. The van der Waals surface area contributed by atoms with Gasteiger partial charge in [-0.1, -0.05) is 54.6 Å². The van der Waals surface area contributed by atoms with E-state index < -0.39 is 0 Å². The first kappa shape index (κ1) is 18.8. The molecule has 3 nitrogen and oxygen atoms in total. The molecule has 0 saturated heterocycles. The number of hydrogen-bond acceptors (Lipinski definition) is 3. The standard InChI is InChI=1S/C27H27NO2/c1-2-29-21-13-11-20(12-14-21)27-24-10-6-9-23(24)25-17-22(15-16-26(25)28-27)30-18-19-7-4-3-5-8-19/h3-9,11-17,23-24,27-28H,2,10,18H2,1H3. The lowest BCUT2D eigenvalue weighted by atomic mass is 9.77. The number of hydrogen-bond donors (Lipinski definition) is 1. The molecule has 1 heterocycles. The quantitative estimate of drug-likeness (QED) is 0.482. The molecular formula is C27H27NO2. The van der Waals surface area contributed by atoms with Crippen molar-refractivity contribution in [1.82, 2.24) is 0 Å². The molecule has 3 aromatic carbocycles. The molecule has 0 aromatic heterocycles. The molecule has 0 fully saturated rings. The van der Waals surface area contributed by atoms with Crippen LogP contribution in [0.3, 0.4) is 0 Å². The third-order valence-electron chi connectivity index (χ3n) is 6.13. The molecular weight excluding hydrogens is 370 g/mol. The van der Waals surface area contributed by atoms with Gasteiger partial charge in [0.2, 0.25) is 0 Å². The fourth-order valence-corrected chi connectivity index (χ4v) is 4.67. The second kappa shape index (κ2) is 8.27. The lowest BCUT2D eigenvalue weighted by molar-refractivity contribution is 0.305. The molecule has 0 radical (unpaired) electrons. The third-order valence-corrected chi connectivity index (χ3v) is 6.13. The molecule has 3 aromatic rings. The molecule has 152 valence electrons. The minimum Gasteiger partial charge on any atom is -0.494 e. The highest BCUT2D eigenvalue weighted by Gasteiger charge is 2.38. The zero-order valence-electron chi connectivity index (χ0n) is 17.3. The molecule has 0 saturated carbocycles. The normalized spacial score (nSPS) is 21.4. The minimum absolute atomic E-state index is 0.296. The van der Waals surface area contributed by atoms with Gasteiger partial charge in [0.25, 0.3) is 0 Å². The van der Waals surface area contributed by atoms with Crippen LogP contribution in [0.2, 0.25) is 0 Å². The predicted octanol–water partition coefficient (Wildman–Crippen LogP) is 6.49. The molecule has 3 atom stereocenters. The van der Waals surface area contributed by atoms with Crippen molar-refractivity contribution in [2.75, 3.05) is 11.9 Å². The Morgan fingerprint density at radius 1 is 0.900 bits per heavy atom. The van der Waals surface area contributed by atoms with Gasteiger partial charge in [0.1, 0.15) is 18.1 Å². The largest absolute Gasteiger partial charge is 0.494 e. The lowest BCUT2D eigenvalue weighted by Gasteiger charge is -2.37. The van der Waals surface area contributed by atoms with Crippen molar-refractivity contribution in [3.63, 3.8) is 0 Å². The van der Waals surface area contributed by atoms with E-state index in [-0.39, 0.29) is 0 Å². The van der Waals surface area contributed by atoms with Crippen LogP contribution in [0.5, 0.6) is 11.5 Å². The van der Waals surface area contributed by atoms with Crippen molar-refractivity contribution >= 4 is 5.69 Å². The first-order valence-corrected chi connectivity index (χ1v) is 10.8.